The number of likely N-dealkylation sites (N-methyl/N-ethyl adjacent to an activating group) is 1. The first-order valence-electron chi connectivity index (χ1n) is 10.9. The zero-order valence-corrected chi connectivity index (χ0v) is 18.3. The van der Waals surface area contributed by atoms with Gasteiger partial charge in [0.2, 0.25) is 0 Å². The zero-order valence-electron chi connectivity index (χ0n) is 18.3. The summed E-state index contributed by atoms with van der Waals surface area (Å²) < 4.78 is 16.3. The maximum atomic E-state index is 14.6. The molecule has 1 fully saturated rings. The molecule has 3 aliphatic heterocycles. The molecule has 2 aromatic heterocycles. The fraction of sp³-hybridized carbons (Fsp3) is 0.280. The molecule has 0 N–H and O–H groups in total. The minimum Gasteiger partial charge on any atom is -0.369 e. The standard InChI is InChI=1S/C25H26FN5O/c1-18-15-30-16-20(13-23(26)25(30)27-18)19-5-3-6-21-7-8-22(17-31(21)24(32)14-19)29-10-4-9-28(2)11-12-29/h3,5-8,13-17H,4,9-12H2,1-2H3/b5-3?,19-14?,21-6+. The lowest BCUT2D eigenvalue weighted by molar-refractivity contribution is -0.122. The Morgan fingerprint density at radius 3 is 2.75 bits per heavy atom. The molecule has 5 heterocycles. The summed E-state index contributed by atoms with van der Waals surface area (Å²) in [5, 5.41) is 0. The van der Waals surface area contributed by atoms with Crippen LogP contribution in [-0.4, -0.2) is 63.2 Å². The molecule has 0 atom stereocenters. The van der Waals surface area contributed by atoms with E-state index < -0.39 is 5.82 Å². The summed E-state index contributed by atoms with van der Waals surface area (Å²) in [5.41, 5.74) is 4.15. The minimum atomic E-state index is -0.412. The van der Waals surface area contributed by atoms with E-state index in [0.717, 1.165) is 49.7 Å². The van der Waals surface area contributed by atoms with Crippen LogP contribution in [0.2, 0.25) is 0 Å². The first kappa shape index (κ1) is 20.5. The highest BCUT2D eigenvalue weighted by Crippen LogP contribution is 2.26. The van der Waals surface area contributed by atoms with E-state index in [2.05, 4.69) is 27.9 Å². The highest BCUT2D eigenvalue weighted by atomic mass is 19.1. The molecule has 7 heteroatoms. The third-order valence-electron chi connectivity index (χ3n) is 6.07. The Morgan fingerprint density at radius 1 is 1.03 bits per heavy atom. The molecule has 3 aliphatic rings. The van der Waals surface area contributed by atoms with Gasteiger partial charge in [-0.05, 0) is 56.8 Å². The SMILES string of the molecule is Cc1cn2cc(C3=CC(=O)N4C=C(N5CCCN(C)CC5)C=C/C4=C\C=C3)cc(F)c2n1. The lowest BCUT2D eigenvalue weighted by atomic mass is 10.0. The average Bonchev–Trinajstić information content (AvgIpc) is 3.01. The van der Waals surface area contributed by atoms with Gasteiger partial charge in [-0.2, -0.15) is 0 Å². The van der Waals surface area contributed by atoms with Gasteiger partial charge in [-0.1, -0.05) is 12.2 Å². The summed E-state index contributed by atoms with van der Waals surface area (Å²) >= 11 is 0. The van der Waals surface area contributed by atoms with Gasteiger partial charge in [-0.25, -0.2) is 9.37 Å². The number of allylic oxidation sites excluding steroid dienone is 6. The smallest absolute Gasteiger partial charge is 0.255 e. The van der Waals surface area contributed by atoms with Crippen molar-refractivity contribution in [2.75, 3.05) is 33.2 Å². The van der Waals surface area contributed by atoms with Crippen LogP contribution in [-0.2, 0) is 4.79 Å². The topological polar surface area (TPSA) is 44.1 Å². The molecule has 32 heavy (non-hydrogen) atoms. The number of aromatic nitrogens is 2. The van der Waals surface area contributed by atoms with Crippen LogP contribution in [0.5, 0.6) is 0 Å². The molecular formula is C25H26FN5O. The Balaban J connectivity index is 1.47. The monoisotopic (exact) mass is 431 g/mol. The number of imidazole rings is 1. The Labute approximate surface area is 186 Å². The van der Waals surface area contributed by atoms with E-state index in [1.807, 2.05) is 37.4 Å². The second-order valence-corrected chi connectivity index (χ2v) is 8.48. The maximum Gasteiger partial charge on any atom is 0.255 e. The van der Waals surface area contributed by atoms with Gasteiger partial charge in [0, 0.05) is 55.6 Å². The van der Waals surface area contributed by atoms with Crippen molar-refractivity contribution in [2.45, 2.75) is 13.3 Å². The summed E-state index contributed by atoms with van der Waals surface area (Å²) in [6.45, 7) is 5.80. The first-order chi connectivity index (χ1) is 15.5. The van der Waals surface area contributed by atoms with E-state index in [1.165, 1.54) is 6.07 Å². The second kappa shape index (κ2) is 8.24. The molecule has 1 amide bonds. The molecule has 1 saturated heterocycles. The number of carbonyl (C=O) groups is 1. The van der Waals surface area contributed by atoms with Crippen molar-refractivity contribution in [1.29, 1.82) is 0 Å². The Morgan fingerprint density at radius 2 is 1.88 bits per heavy atom. The van der Waals surface area contributed by atoms with Crippen LogP contribution in [0.15, 0.2) is 72.5 Å². The molecule has 0 bridgehead atoms. The van der Waals surface area contributed by atoms with E-state index in [9.17, 15) is 9.18 Å². The van der Waals surface area contributed by atoms with E-state index in [1.54, 1.807) is 27.8 Å². The van der Waals surface area contributed by atoms with Gasteiger partial charge < -0.3 is 14.2 Å². The second-order valence-electron chi connectivity index (χ2n) is 8.48. The van der Waals surface area contributed by atoms with Gasteiger partial charge >= 0.3 is 0 Å². The van der Waals surface area contributed by atoms with Crippen molar-refractivity contribution in [1.82, 2.24) is 24.1 Å². The average molecular weight is 432 g/mol. The third kappa shape index (κ3) is 3.91. The molecule has 0 radical (unpaired) electrons. The largest absolute Gasteiger partial charge is 0.369 e. The lowest BCUT2D eigenvalue weighted by Gasteiger charge is -2.30. The Hall–Kier alpha value is -3.45. The molecule has 0 saturated carbocycles. The van der Waals surface area contributed by atoms with Crippen molar-refractivity contribution in [2.24, 2.45) is 0 Å². The van der Waals surface area contributed by atoms with Crippen molar-refractivity contribution < 1.29 is 9.18 Å². The number of aryl methyl sites for hydroxylation is 1. The number of rotatable bonds is 2. The van der Waals surface area contributed by atoms with Crippen LogP contribution in [0.4, 0.5) is 4.39 Å². The number of halogens is 1. The van der Waals surface area contributed by atoms with Crippen LogP contribution in [0.25, 0.3) is 11.2 Å². The third-order valence-corrected chi connectivity index (χ3v) is 6.07. The van der Waals surface area contributed by atoms with Crippen LogP contribution in [0, 0.1) is 12.7 Å². The highest BCUT2D eigenvalue weighted by molar-refractivity contribution is 5.99. The molecule has 0 unspecified atom stereocenters. The van der Waals surface area contributed by atoms with Gasteiger partial charge in [0.05, 0.1) is 11.4 Å². The quantitative estimate of drug-likeness (QED) is 0.730. The van der Waals surface area contributed by atoms with Gasteiger partial charge in [0.1, 0.15) is 0 Å². The Kier molecular flexibility index (Phi) is 5.27. The summed E-state index contributed by atoms with van der Waals surface area (Å²) in [5.74, 6) is -0.573. The molecule has 164 valence electrons. The van der Waals surface area contributed by atoms with Crippen LogP contribution in [0.3, 0.4) is 0 Å². The fourth-order valence-corrected chi connectivity index (χ4v) is 4.34. The number of hydrogen-bond donors (Lipinski definition) is 0. The number of nitrogens with zero attached hydrogens (tertiary/aromatic N) is 5. The van der Waals surface area contributed by atoms with Crippen LogP contribution >= 0.6 is 0 Å². The normalized spacial score (nSPS) is 21.5. The number of amides is 1. The summed E-state index contributed by atoms with van der Waals surface area (Å²) in [4.78, 5) is 23.8. The predicted molar refractivity (Wildman–Crippen MR) is 123 cm³/mol. The number of fused-ring (bicyclic) bond motifs is 2. The van der Waals surface area contributed by atoms with Crippen molar-refractivity contribution in [3.8, 4) is 0 Å². The molecule has 2 aromatic rings. The van der Waals surface area contributed by atoms with Gasteiger partial charge in [-0.15, -0.1) is 0 Å². The number of pyridine rings is 1. The van der Waals surface area contributed by atoms with Gasteiger partial charge in [0.15, 0.2) is 11.5 Å². The van der Waals surface area contributed by atoms with Gasteiger partial charge in [0.25, 0.3) is 5.91 Å². The Bertz CT molecular complexity index is 1230. The first-order valence-corrected chi connectivity index (χ1v) is 10.9. The molecule has 6 nitrogen and oxygen atoms in total. The van der Waals surface area contributed by atoms with E-state index in [4.69, 9.17) is 0 Å². The lowest BCUT2D eigenvalue weighted by Crippen LogP contribution is -2.32. The van der Waals surface area contributed by atoms with E-state index in [-0.39, 0.29) is 11.6 Å². The summed E-state index contributed by atoms with van der Waals surface area (Å²) in [6, 6.07) is 1.43. The van der Waals surface area contributed by atoms with Crippen molar-refractivity contribution in [3.05, 3.63) is 89.6 Å². The maximum absolute atomic E-state index is 14.6. The fourth-order valence-electron chi connectivity index (χ4n) is 4.34. The molecular weight excluding hydrogens is 405 g/mol. The minimum absolute atomic E-state index is 0.160. The molecule has 5 rings (SSSR count). The number of carbonyl (C=O) groups excluding carboxylic acids is 1. The van der Waals surface area contributed by atoms with E-state index >= 15 is 0 Å². The van der Waals surface area contributed by atoms with Crippen molar-refractivity contribution >= 4 is 17.1 Å². The van der Waals surface area contributed by atoms with Gasteiger partial charge in [-0.3, -0.25) is 9.69 Å². The molecule has 0 aliphatic carbocycles. The molecule has 0 spiro atoms. The van der Waals surface area contributed by atoms with E-state index in [0.29, 0.717) is 11.1 Å². The highest BCUT2D eigenvalue weighted by Gasteiger charge is 2.22. The zero-order chi connectivity index (χ0) is 22.2. The predicted octanol–water partition coefficient (Wildman–Crippen LogP) is 3.50. The summed E-state index contributed by atoms with van der Waals surface area (Å²) in [6.07, 6.45) is 17.8. The summed E-state index contributed by atoms with van der Waals surface area (Å²) in [7, 11) is 2.14. The van der Waals surface area contributed by atoms with Crippen LogP contribution in [0.1, 0.15) is 17.7 Å². The number of hydrogen-bond acceptors (Lipinski definition) is 4. The molecule has 0 aromatic carbocycles. The van der Waals surface area contributed by atoms with Crippen molar-refractivity contribution in [3.63, 3.8) is 0 Å². The van der Waals surface area contributed by atoms with Crippen LogP contribution < -0.4 is 0 Å².